The largest absolute Gasteiger partial charge is 0.298 e. The Morgan fingerprint density at radius 3 is 2.61 bits per heavy atom. The summed E-state index contributed by atoms with van der Waals surface area (Å²) in [7, 11) is -3.44. The number of hydrogen-bond donors (Lipinski definition) is 1. The van der Waals surface area contributed by atoms with Crippen LogP contribution in [-0.2, 0) is 9.84 Å². The minimum Gasteiger partial charge on any atom is -0.298 e. The van der Waals surface area contributed by atoms with E-state index >= 15 is 0 Å². The molecule has 0 unspecified atom stereocenters. The molecule has 5 nitrogen and oxygen atoms in total. The Morgan fingerprint density at radius 2 is 1.82 bits per heavy atom. The number of rotatable bonds is 4. The molecule has 0 aliphatic heterocycles. The molecular formula is C21H18N2O3S2. The molecule has 0 radical (unpaired) electrons. The van der Waals surface area contributed by atoms with Crippen molar-refractivity contribution in [1.82, 2.24) is 4.98 Å². The number of nitrogens with zero attached hydrogens (tertiary/aromatic N) is 1. The molecule has 1 amide bonds. The monoisotopic (exact) mass is 410 g/mol. The van der Waals surface area contributed by atoms with Crippen molar-refractivity contribution >= 4 is 53.2 Å². The molecule has 0 saturated heterocycles. The Labute approximate surface area is 167 Å². The van der Waals surface area contributed by atoms with Crippen molar-refractivity contribution in [3.63, 3.8) is 0 Å². The van der Waals surface area contributed by atoms with Crippen molar-refractivity contribution in [2.24, 2.45) is 0 Å². The summed E-state index contributed by atoms with van der Waals surface area (Å²) in [6.45, 7) is 3.24. The number of benzene rings is 3. The predicted octanol–water partition coefficient (Wildman–Crippen LogP) is 4.88. The third-order valence-electron chi connectivity index (χ3n) is 4.55. The zero-order chi connectivity index (χ0) is 19.9. The highest BCUT2D eigenvalue weighted by Gasteiger charge is 2.20. The lowest BCUT2D eigenvalue weighted by molar-refractivity contribution is 0.102. The molecule has 0 fully saturated rings. The average molecular weight is 411 g/mol. The highest BCUT2D eigenvalue weighted by molar-refractivity contribution is 7.92. The fourth-order valence-corrected chi connectivity index (χ4v) is 5.06. The Bertz CT molecular complexity index is 1310. The van der Waals surface area contributed by atoms with Crippen LogP contribution in [-0.4, -0.2) is 24.6 Å². The van der Waals surface area contributed by atoms with Crippen LogP contribution in [0.25, 0.3) is 21.0 Å². The molecule has 0 saturated carbocycles. The highest BCUT2D eigenvalue weighted by Crippen LogP contribution is 2.32. The number of hydrogen-bond acceptors (Lipinski definition) is 5. The van der Waals surface area contributed by atoms with Crippen LogP contribution < -0.4 is 5.32 Å². The van der Waals surface area contributed by atoms with Crippen molar-refractivity contribution < 1.29 is 13.2 Å². The third-order valence-corrected chi connectivity index (χ3v) is 7.72. The first kappa shape index (κ1) is 18.6. The third kappa shape index (κ3) is 3.27. The van der Waals surface area contributed by atoms with Gasteiger partial charge in [-0.2, -0.15) is 0 Å². The number of amides is 1. The van der Waals surface area contributed by atoms with Gasteiger partial charge in [0.2, 0.25) is 0 Å². The lowest BCUT2D eigenvalue weighted by Gasteiger charge is -2.09. The Kier molecular flexibility index (Phi) is 4.64. The minimum absolute atomic E-state index is 0.144. The topological polar surface area (TPSA) is 76.1 Å². The maximum Gasteiger partial charge on any atom is 0.257 e. The van der Waals surface area contributed by atoms with E-state index in [0.29, 0.717) is 5.13 Å². The standard InChI is InChI=1S/C21H18N2O3S2/c1-13(2)28(25,26)16-8-5-7-15(12-16)20(24)23-21-22-18-11-10-14-6-3-4-9-17(14)19(18)27-21/h3-13H,1-2H3,(H,22,23,24). The van der Waals surface area contributed by atoms with E-state index in [1.54, 1.807) is 26.0 Å². The van der Waals surface area contributed by atoms with Crippen molar-refractivity contribution in [2.75, 3.05) is 5.32 Å². The summed E-state index contributed by atoms with van der Waals surface area (Å²) in [6.07, 6.45) is 0. The predicted molar refractivity (Wildman–Crippen MR) is 114 cm³/mol. The van der Waals surface area contributed by atoms with Crippen LogP contribution in [0.5, 0.6) is 0 Å². The molecule has 1 N–H and O–H groups in total. The maximum absolute atomic E-state index is 12.7. The maximum atomic E-state index is 12.7. The number of aromatic nitrogens is 1. The van der Waals surface area contributed by atoms with Crippen LogP contribution in [0, 0.1) is 0 Å². The van der Waals surface area contributed by atoms with Crippen molar-refractivity contribution in [3.05, 3.63) is 66.2 Å². The molecule has 4 rings (SSSR count). The number of nitrogens with one attached hydrogen (secondary N) is 1. The molecule has 28 heavy (non-hydrogen) atoms. The molecule has 0 aliphatic rings. The van der Waals surface area contributed by atoms with Crippen LogP contribution in [0.15, 0.2) is 65.6 Å². The minimum atomic E-state index is -3.44. The van der Waals surface area contributed by atoms with Gasteiger partial charge in [-0.15, -0.1) is 0 Å². The van der Waals surface area contributed by atoms with E-state index in [-0.39, 0.29) is 16.4 Å². The Hall–Kier alpha value is -2.77. The number of sulfone groups is 1. The molecule has 1 heterocycles. The molecule has 3 aromatic carbocycles. The van der Waals surface area contributed by atoms with E-state index in [2.05, 4.69) is 10.3 Å². The normalized spacial score (nSPS) is 12.0. The zero-order valence-corrected chi connectivity index (χ0v) is 17.0. The van der Waals surface area contributed by atoms with E-state index in [1.807, 2.05) is 36.4 Å². The summed E-state index contributed by atoms with van der Waals surface area (Å²) in [5, 5.41) is 4.92. The first-order valence-corrected chi connectivity index (χ1v) is 11.2. The van der Waals surface area contributed by atoms with E-state index in [9.17, 15) is 13.2 Å². The average Bonchev–Trinajstić information content (AvgIpc) is 3.11. The van der Waals surface area contributed by atoms with Gasteiger partial charge in [0, 0.05) is 10.9 Å². The summed E-state index contributed by atoms with van der Waals surface area (Å²) in [6, 6.07) is 18.0. The van der Waals surface area contributed by atoms with Crippen LogP contribution in [0.1, 0.15) is 24.2 Å². The van der Waals surface area contributed by atoms with Gasteiger partial charge in [0.15, 0.2) is 15.0 Å². The first-order chi connectivity index (χ1) is 13.4. The van der Waals surface area contributed by atoms with Crippen LogP contribution in [0.2, 0.25) is 0 Å². The van der Waals surface area contributed by atoms with Gasteiger partial charge in [-0.3, -0.25) is 10.1 Å². The van der Waals surface area contributed by atoms with Gasteiger partial charge >= 0.3 is 0 Å². The molecule has 142 valence electrons. The summed E-state index contributed by atoms with van der Waals surface area (Å²) in [4.78, 5) is 17.3. The lowest BCUT2D eigenvalue weighted by Crippen LogP contribution is -2.16. The number of carbonyl (C=O) groups is 1. The number of anilines is 1. The lowest BCUT2D eigenvalue weighted by atomic mass is 10.1. The zero-order valence-electron chi connectivity index (χ0n) is 15.3. The van der Waals surface area contributed by atoms with Gasteiger partial charge < -0.3 is 0 Å². The second kappa shape index (κ2) is 7.00. The van der Waals surface area contributed by atoms with Crippen LogP contribution >= 0.6 is 11.3 Å². The fraction of sp³-hybridized carbons (Fsp3) is 0.143. The molecule has 0 aliphatic carbocycles. The summed E-state index contributed by atoms with van der Waals surface area (Å²) < 4.78 is 25.7. The van der Waals surface area contributed by atoms with Crippen LogP contribution in [0.4, 0.5) is 5.13 Å². The molecule has 1 aromatic heterocycles. The fourth-order valence-electron chi connectivity index (χ4n) is 2.96. The second-order valence-electron chi connectivity index (χ2n) is 6.73. The SMILES string of the molecule is CC(C)S(=O)(=O)c1cccc(C(=O)Nc2nc3ccc4ccccc4c3s2)c1. The molecule has 7 heteroatoms. The van der Waals surface area contributed by atoms with E-state index in [1.165, 1.54) is 23.5 Å². The van der Waals surface area contributed by atoms with Gasteiger partial charge in [-0.25, -0.2) is 13.4 Å². The first-order valence-electron chi connectivity index (χ1n) is 8.80. The summed E-state index contributed by atoms with van der Waals surface area (Å²) >= 11 is 1.40. The van der Waals surface area contributed by atoms with Crippen molar-refractivity contribution in [3.8, 4) is 0 Å². The molecule has 4 aromatic rings. The van der Waals surface area contributed by atoms with Crippen LogP contribution in [0.3, 0.4) is 0 Å². The van der Waals surface area contributed by atoms with E-state index in [0.717, 1.165) is 21.0 Å². The van der Waals surface area contributed by atoms with Gasteiger partial charge in [0.1, 0.15) is 0 Å². The highest BCUT2D eigenvalue weighted by atomic mass is 32.2. The Balaban J connectivity index is 1.67. The number of fused-ring (bicyclic) bond motifs is 3. The molecular weight excluding hydrogens is 392 g/mol. The quantitative estimate of drug-likeness (QED) is 0.520. The summed E-state index contributed by atoms with van der Waals surface area (Å²) in [5.74, 6) is -0.385. The van der Waals surface area contributed by atoms with Gasteiger partial charge in [-0.05, 0) is 43.5 Å². The molecule has 0 bridgehead atoms. The van der Waals surface area contributed by atoms with E-state index in [4.69, 9.17) is 0 Å². The summed E-state index contributed by atoms with van der Waals surface area (Å²) in [5.41, 5.74) is 1.10. The molecule has 0 atom stereocenters. The van der Waals surface area contributed by atoms with Gasteiger partial charge in [0.25, 0.3) is 5.91 Å². The van der Waals surface area contributed by atoms with Crippen molar-refractivity contribution in [2.45, 2.75) is 24.0 Å². The molecule has 0 spiro atoms. The number of thiazole rings is 1. The number of carbonyl (C=O) groups excluding carboxylic acids is 1. The second-order valence-corrected chi connectivity index (χ2v) is 10.2. The van der Waals surface area contributed by atoms with Crippen molar-refractivity contribution in [1.29, 1.82) is 0 Å². The smallest absolute Gasteiger partial charge is 0.257 e. The van der Waals surface area contributed by atoms with Gasteiger partial charge in [-0.1, -0.05) is 47.7 Å². The van der Waals surface area contributed by atoms with Gasteiger partial charge in [0.05, 0.1) is 20.4 Å². The Morgan fingerprint density at radius 1 is 1.04 bits per heavy atom. The van der Waals surface area contributed by atoms with E-state index < -0.39 is 15.1 Å².